The van der Waals surface area contributed by atoms with Crippen LogP contribution < -0.4 is 10.6 Å². The average molecular weight is 294 g/mol. The van der Waals surface area contributed by atoms with Gasteiger partial charge in [0.15, 0.2) is 5.69 Å². The topological polar surface area (TPSA) is 49.8 Å². The lowest BCUT2D eigenvalue weighted by Crippen LogP contribution is -2.29. The molecule has 0 spiro atoms. The minimum atomic E-state index is -4.47. The van der Waals surface area contributed by atoms with Crippen LogP contribution in [0.2, 0.25) is 0 Å². The molecule has 21 heavy (non-hydrogen) atoms. The van der Waals surface area contributed by atoms with E-state index in [1.165, 1.54) is 0 Å². The Bertz CT molecular complexity index is 641. The Morgan fingerprint density at radius 3 is 2.57 bits per heavy atom. The monoisotopic (exact) mass is 294 g/mol. The van der Waals surface area contributed by atoms with Crippen LogP contribution in [-0.4, -0.2) is 16.5 Å². The molecule has 1 aromatic carbocycles. The first-order chi connectivity index (χ1) is 10.0. The van der Waals surface area contributed by atoms with Crippen molar-refractivity contribution in [2.45, 2.75) is 19.1 Å². The molecule has 2 aromatic rings. The van der Waals surface area contributed by atoms with Gasteiger partial charge in [-0.1, -0.05) is 18.2 Å². The van der Waals surface area contributed by atoms with Crippen LogP contribution in [0.15, 0.2) is 30.3 Å². The van der Waals surface area contributed by atoms with Crippen LogP contribution in [0.3, 0.4) is 0 Å². The van der Waals surface area contributed by atoms with Gasteiger partial charge in [-0.3, -0.25) is 0 Å². The van der Waals surface area contributed by atoms with Crippen molar-refractivity contribution in [3.8, 4) is 0 Å². The summed E-state index contributed by atoms with van der Waals surface area (Å²) in [5.74, 6) is -0.0315. The van der Waals surface area contributed by atoms with E-state index in [1.807, 2.05) is 6.07 Å². The molecule has 1 aliphatic heterocycles. The lowest BCUT2D eigenvalue weighted by molar-refractivity contribution is -0.141. The van der Waals surface area contributed by atoms with Gasteiger partial charge in [-0.2, -0.15) is 13.2 Å². The predicted molar refractivity (Wildman–Crippen MR) is 72.2 cm³/mol. The highest BCUT2D eigenvalue weighted by Crippen LogP contribution is 2.33. The fourth-order valence-electron chi connectivity index (χ4n) is 2.30. The predicted octanol–water partition coefficient (Wildman–Crippen LogP) is 2.88. The van der Waals surface area contributed by atoms with E-state index < -0.39 is 11.9 Å². The molecule has 0 amide bonds. The van der Waals surface area contributed by atoms with E-state index in [0.29, 0.717) is 24.5 Å². The highest BCUT2D eigenvalue weighted by molar-refractivity contribution is 5.53. The van der Waals surface area contributed by atoms with Gasteiger partial charge in [0.25, 0.3) is 0 Å². The molecule has 0 saturated carbocycles. The molecule has 2 heterocycles. The maximum Gasteiger partial charge on any atom is 0.433 e. The third kappa shape index (κ3) is 2.97. The molecule has 3 rings (SSSR count). The van der Waals surface area contributed by atoms with Crippen LogP contribution >= 0.6 is 0 Å². The molecular formula is C14H13F3N4. The molecular weight excluding hydrogens is 281 g/mol. The van der Waals surface area contributed by atoms with Crippen molar-refractivity contribution in [3.63, 3.8) is 0 Å². The van der Waals surface area contributed by atoms with Gasteiger partial charge in [0, 0.05) is 17.8 Å². The number of anilines is 2. The van der Waals surface area contributed by atoms with E-state index in [2.05, 4.69) is 20.6 Å². The SMILES string of the molecule is FC(F)(F)c1nc(Nc2ccccc2)nc2c1CCNC2. The van der Waals surface area contributed by atoms with Crippen LogP contribution in [0.5, 0.6) is 0 Å². The summed E-state index contributed by atoms with van der Waals surface area (Å²) >= 11 is 0. The van der Waals surface area contributed by atoms with Crippen LogP contribution in [0.25, 0.3) is 0 Å². The maximum absolute atomic E-state index is 13.2. The Labute approximate surface area is 119 Å². The van der Waals surface area contributed by atoms with E-state index in [9.17, 15) is 13.2 Å². The summed E-state index contributed by atoms with van der Waals surface area (Å²) in [5, 5.41) is 5.84. The van der Waals surface area contributed by atoms with Crippen molar-refractivity contribution in [2.24, 2.45) is 0 Å². The molecule has 1 aromatic heterocycles. The van der Waals surface area contributed by atoms with Gasteiger partial charge in [-0.05, 0) is 25.1 Å². The van der Waals surface area contributed by atoms with Gasteiger partial charge in [0.2, 0.25) is 5.95 Å². The Morgan fingerprint density at radius 1 is 1.10 bits per heavy atom. The van der Waals surface area contributed by atoms with E-state index in [1.54, 1.807) is 24.3 Å². The number of aromatic nitrogens is 2. The van der Waals surface area contributed by atoms with E-state index in [-0.39, 0.29) is 17.9 Å². The number of alkyl halides is 3. The molecule has 0 bridgehead atoms. The Hall–Kier alpha value is -2.15. The summed E-state index contributed by atoms with van der Waals surface area (Å²) in [6.45, 7) is 0.829. The van der Waals surface area contributed by atoms with Crippen LogP contribution in [-0.2, 0) is 19.1 Å². The molecule has 2 N–H and O–H groups in total. The van der Waals surface area contributed by atoms with Gasteiger partial charge in [0.1, 0.15) is 0 Å². The Kier molecular flexibility index (Phi) is 3.50. The molecule has 7 heteroatoms. The van der Waals surface area contributed by atoms with E-state index in [4.69, 9.17) is 0 Å². The Morgan fingerprint density at radius 2 is 1.86 bits per heavy atom. The molecule has 0 atom stereocenters. The van der Waals surface area contributed by atoms with Crippen molar-refractivity contribution in [1.29, 1.82) is 0 Å². The third-order valence-corrected chi connectivity index (χ3v) is 3.24. The zero-order chi connectivity index (χ0) is 14.9. The van der Waals surface area contributed by atoms with Crippen molar-refractivity contribution in [3.05, 3.63) is 47.3 Å². The number of para-hydroxylation sites is 1. The van der Waals surface area contributed by atoms with Gasteiger partial charge in [0.05, 0.1) is 5.69 Å². The maximum atomic E-state index is 13.2. The number of halogens is 3. The molecule has 110 valence electrons. The van der Waals surface area contributed by atoms with Crippen LogP contribution in [0.4, 0.5) is 24.8 Å². The second-order valence-electron chi connectivity index (χ2n) is 4.74. The second kappa shape index (κ2) is 5.33. The minimum Gasteiger partial charge on any atom is -0.324 e. The van der Waals surface area contributed by atoms with Crippen LogP contribution in [0.1, 0.15) is 17.0 Å². The standard InChI is InChI=1S/C14H13F3N4/c15-14(16,17)12-10-6-7-18-8-11(10)20-13(21-12)19-9-4-2-1-3-5-9/h1-5,18H,6-8H2,(H,19,20,21). The van der Waals surface area contributed by atoms with Gasteiger partial charge >= 0.3 is 6.18 Å². The van der Waals surface area contributed by atoms with E-state index >= 15 is 0 Å². The highest BCUT2D eigenvalue weighted by atomic mass is 19.4. The van der Waals surface area contributed by atoms with Crippen molar-refractivity contribution in [2.75, 3.05) is 11.9 Å². The number of nitrogens with zero attached hydrogens (tertiary/aromatic N) is 2. The largest absolute Gasteiger partial charge is 0.433 e. The number of hydrogen-bond donors (Lipinski definition) is 2. The first-order valence-electron chi connectivity index (χ1n) is 6.54. The lowest BCUT2D eigenvalue weighted by atomic mass is 10.0. The quantitative estimate of drug-likeness (QED) is 0.894. The summed E-state index contributed by atoms with van der Waals surface area (Å²) in [4.78, 5) is 7.88. The number of fused-ring (bicyclic) bond motifs is 1. The van der Waals surface area contributed by atoms with Crippen molar-refractivity contribution < 1.29 is 13.2 Å². The van der Waals surface area contributed by atoms with Crippen molar-refractivity contribution >= 4 is 11.6 Å². The molecule has 0 aliphatic carbocycles. The van der Waals surface area contributed by atoms with Gasteiger partial charge in [-0.25, -0.2) is 9.97 Å². The fourth-order valence-corrected chi connectivity index (χ4v) is 2.30. The summed E-state index contributed by atoms with van der Waals surface area (Å²) in [5.41, 5.74) is 0.406. The second-order valence-corrected chi connectivity index (χ2v) is 4.74. The van der Waals surface area contributed by atoms with Gasteiger partial charge < -0.3 is 10.6 Å². The summed E-state index contributed by atoms with van der Waals surface area (Å²) in [7, 11) is 0. The fraction of sp³-hybridized carbons (Fsp3) is 0.286. The highest BCUT2D eigenvalue weighted by Gasteiger charge is 2.37. The number of nitrogens with one attached hydrogen (secondary N) is 2. The first-order valence-corrected chi connectivity index (χ1v) is 6.54. The molecule has 0 unspecified atom stereocenters. The van der Waals surface area contributed by atoms with Crippen LogP contribution in [0, 0.1) is 0 Å². The third-order valence-electron chi connectivity index (χ3n) is 3.24. The van der Waals surface area contributed by atoms with E-state index in [0.717, 1.165) is 0 Å². The number of rotatable bonds is 2. The summed E-state index contributed by atoms with van der Waals surface area (Å²) < 4.78 is 39.5. The smallest absolute Gasteiger partial charge is 0.324 e. The van der Waals surface area contributed by atoms with Gasteiger partial charge in [-0.15, -0.1) is 0 Å². The summed E-state index contributed by atoms with van der Waals surface area (Å²) in [6.07, 6.45) is -4.19. The average Bonchev–Trinajstić information content (AvgIpc) is 2.46. The number of hydrogen-bond acceptors (Lipinski definition) is 4. The lowest BCUT2D eigenvalue weighted by Gasteiger charge is -2.21. The Balaban J connectivity index is 2.02. The zero-order valence-electron chi connectivity index (χ0n) is 11.0. The summed E-state index contributed by atoms with van der Waals surface area (Å²) in [6, 6.07) is 8.88. The minimum absolute atomic E-state index is 0.0315. The molecule has 1 aliphatic rings. The molecule has 0 radical (unpaired) electrons. The molecule has 0 saturated heterocycles. The molecule has 0 fully saturated rings. The van der Waals surface area contributed by atoms with Crippen molar-refractivity contribution in [1.82, 2.24) is 15.3 Å². The molecule has 4 nitrogen and oxygen atoms in total. The number of benzene rings is 1. The zero-order valence-corrected chi connectivity index (χ0v) is 11.0. The normalized spacial score (nSPS) is 14.6. The first kappa shape index (κ1) is 13.8.